The number of nitrogens with zero attached hydrogens (tertiary/aromatic N) is 1. The lowest BCUT2D eigenvalue weighted by Gasteiger charge is -2.18. The first-order chi connectivity index (χ1) is 13.1. The minimum absolute atomic E-state index is 0.242. The average molecular weight is 382 g/mol. The molecule has 27 heavy (non-hydrogen) atoms. The van der Waals surface area contributed by atoms with E-state index in [2.05, 4.69) is 27.7 Å². The van der Waals surface area contributed by atoms with Gasteiger partial charge in [-0.25, -0.2) is 0 Å². The number of hydrogen-bond donors (Lipinski definition) is 2. The molecule has 2 amide bonds. The number of nitrogens with one attached hydrogen (secondary N) is 2. The molecular weight excluding hydrogens is 358 g/mol. The van der Waals surface area contributed by atoms with Gasteiger partial charge in [-0.05, 0) is 31.2 Å². The van der Waals surface area contributed by atoms with Gasteiger partial charge in [0.25, 0.3) is 5.91 Å². The predicted octanol–water partition coefficient (Wildman–Crippen LogP) is 2.91. The predicted molar refractivity (Wildman–Crippen MR) is 110 cm³/mol. The van der Waals surface area contributed by atoms with Gasteiger partial charge < -0.3 is 15.5 Å². The number of carbonyl (C=O) groups excluding carboxylic acids is 2. The van der Waals surface area contributed by atoms with E-state index in [1.54, 1.807) is 0 Å². The maximum atomic E-state index is 12.1. The lowest BCUT2D eigenvalue weighted by Crippen LogP contribution is -2.33. The number of hydrogen-bond acceptors (Lipinski definition) is 4. The Balaban J connectivity index is 1.43. The molecule has 0 saturated heterocycles. The fraction of sp³-hybridized carbons (Fsp3) is 0.238. The average Bonchev–Trinajstić information content (AvgIpc) is 2.68. The summed E-state index contributed by atoms with van der Waals surface area (Å²) in [5.41, 5.74) is 2.09. The summed E-state index contributed by atoms with van der Waals surface area (Å²) in [5.74, 6) is -0.489. The van der Waals surface area contributed by atoms with Crippen LogP contribution in [0.15, 0.2) is 70.5 Å². The molecule has 2 N–H and O–H groups in total. The van der Waals surface area contributed by atoms with Crippen molar-refractivity contribution >= 4 is 29.3 Å². The van der Waals surface area contributed by atoms with Crippen molar-refractivity contribution in [3.63, 3.8) is 0 Å². The largest absolute Gasteiger partial charge is 0.351 e. The third-order valence-corrected chi connectivity index (χ3v) is 5.36. The quantitative estimate of drug-likeness (QED) is 0.724. The van der Waals surface area contributed by atoms with Crippen LogP contribution in [0.4, 0.5) is 5.69 Å². The summed E-state index contributed by atoms with van der Waals surface area (Å²) in [6.45, 7) is 2.22. The molecule has 5 nitrogen and oxygen atoms in total. The number of rotatable bonds is 7. The minimum Gasteiger partial charge on any atom is -0.351 e. The van der Waals surface area contributed by atoms with E-state index in [-0.39, 0.29) is 11.8 Å². The molecule has 0 unspecified atom stereocenters. The normalized spacial score (nSPS) is 14.7. The summed E-state index contributed by atoms with van der Waals surface area (Å²) < 4.78 is 0. The Morgan fingerprint density at radius 2 is 1.85 bits per heavy atom. The molecule has 0 bridgehead atoms. The standard InChI is InChI=1S/C21H23N3O2S/c1-24(13-11-16-7-3-2-4-8-16)14-12-22-20(25)15-19-21(26)23-17-9-5-6-10-18(17)27-19/h2-10,15H,11-14H2,1H3,(H,22,25)(H,23,26)/b19-15-. The van der Waals surface area contributed by atoms with Crippen LogP contribution in [-0.4, -0.2) is 43.4 Å². The Kier molecular flexibility index (Phi) is 6.68. The highest BCUT2D eigenvalue weighted by Gasteiger charge is 2.21. The van der Waals surface area contributed by atoms with Gasteiger partial charge in [-0.2, -0.15) is 0 Å². The van der Waals surface area contributed by atoms with Gasteiger partial charge in [0.05, 0.1) is 10.6 Å². The summed E-state index contributed by atoms with van der Waals surface area (Å²) in [6.07, 6.45) is 2.35. The van der Waals surface area contributed by atoms with Gasteiger partial charge in [0.2, 0.25) is 5.91 Å². The third-order valence-electron chi connectivity index (χ3n) is 4.26. The molecule has 0 saturated carbocycles. The van der Waals surface area contributed by atoms with Gasteiger partial charge in [-0.15, -0.1) is 0 Å². The van der Waals surface area contributed by atoms with Gasteiger partial charge in [-0.3, -0.25) is 9.59 Å². The van der Waals surface area contributed by atoms with E-state index in [9.17, 15) is 9.59 Å². The summed E-state index contributed by atoms with van der Waals surface area (Å²) >= 11 is 1.32. The van der Waals surface area contributed by atoms with E-state index in [1.807, 2.05) is 49.5 Å². The first kappa shape index (κ1) is 19.2. The maximum absolute atomic E-state index is 12.1. The van der Waals surface area contributed by atoms with Gasteiger partial charge in [0.1, 0.15) is 0 Å². The van der Waals surface area contributed by atoms with Crippen molar-refractivity contribution in [1.29, 1.82) is 0 Å². The molecule has 0 aromatic heterocycles. The zero-order valence-corrected chi connectivity index (χ0v) is 16.1. The Morgan fingerprint density at radius 1 is 1.11 bits per heavy atom. The number of amides is 2. The van der Waals surface area contributed by atoms with E-state index in [4.69, 9.17) is 0 Å². The molecule has 0 spiro atoms. The number of benzene rings is 2. The summed E-state index contributed by atoms with van der Waals surface area (Å²) in [4.78, 5) is 27.8. The number of thioether (sulfide) groups is 1. The molecule has 2 aromatic rings. The van der Waals surface area contributed by atoms with Crippen molar-refractivity contribution in [3.8, 4) is 0 Å². The second-order valence-electron chi connectivity index (χ2n) is 6.39. The van der Waals surface area contributed by atoms with Crippen molar-refractivity contribution < 1.29 is 9.59 Å². The molecule has 0 aliphatic carbocycles. The van der Waals surface area contributed by atoms with Crippen LogP contribution in [0.3, 0.4) is 0 Å². The highest BCUT2D eigenvalue weighted by Crippen LogP contribution is 2.37. The SMILES string of the molecule is CN(CCNC(=O)/C=C1\Sc2ccccc2NC1=O)CCc1ccccc1. The number of carbonyl (C=O) groups is 2. The van der Waals surface area contributed by atoms with Crippen molar-refractivity contribution in [2.24, 2.45) is 0 Å². The molecular formula is C21H23N3O2S. The van der Waals surface area contributed by atoms with Gasteiger partial charge in [-0.1, -0.05) is 54.2 Å². The van der Waals surface area contributed by atoms with Crippen LogP contribution in [0.2, 0.25) is 0 Å². The van der Waals surface area contributed by atoms with Crippen LogP contribution in [-0.2, 0) is 16.0 Å². The number of fused-ring (bicyclic) bond motifs is 1. The smallest absolute Gasteiger partial charge is 0.262 e. The topological polar surface area (TPSA) is 61.4 Å². The van der Waals surface area contributed by atoms with Crippen LogP contribution in [0.1, 0.15) is 5.56 Å². The van der Waals surface area contributed by atoms with E-state index in [0.29, 0.717) is 11.4 Å². The number of anilines is 1. The zero-order chi connectivity index (χ0) is 19.1. The zero-order valence-electron chi connectivity index (χ0n) is 15.3. The Labute approximate surface area is 163 Å². The fourth-order valence-electron chi connectivity index (χ4n) is 2.72. The molecule has 0 atom stereocenters. The van der Waals surface area contributed by atoms with Crippen LogP contribution in [0, 0.1) is 0 Å². The van der Waals surface area contributed by atoms with Crippen molar-refractivity contribution in [3.05, 3.63) is 71.1 Å². The maximum Gasteiger partial charge on any atom is 0.262 e. The summed E-state index contributed by atoms with van der Waals surface area (Å²) in [6, 6.07) is 17.9. The highest BCUT2D eigenvalue weighted by atomic mass is 32.2. The van der Waals surface area contributed by atoms with E-state index in [0.717, 1.165) is 30.1 Å². The second-order valence-corrected chi connectivity index (χ2v) is 7.47. The Bertz CT molecular complexity index is 836. The molecule has 1 heterocycles. The third kappa shape index (κ3) is 5.70. The van der Waals surface area contributed by atoms with Gasteiger partial charge in [0.15, 0.2) is 0 Å². The summed E-state index contributed by atoms with van der Waals surface area (Å²) in [5, 5.41) is 5.66. The lowest BCUT2D eigenvalue weighted by molar-refractivity contribution is -0.117. The second kappa shape index (κ2) is 9.39. The molecule has 2 aromatic carbocycles. The number of para-hydroxylation sites is 1. The van der Waals surface area contributed by atoms with Crippen LogP contribution in [0.5, 0.6) is 0 Å². The molecule has 6 heteroatoms. The number of likely N-dealkylation sites (N-methyl/N-ethyl adjacent to an activating group) is 1. The fourth-order valence-corrected chi connectivity index (χ4v) is 3.64. The van der Waals surface area contributed by atoms with E-state index < -0.39 is 0 Å². The Hall–Kier alpha value is -2.57. The molecule has 3 rings (SSSR count). The van der Waals surface area contributed by atoms with E-state index >= 15 is 0 Å². The van der Waals surface area contributed by atoms with Crippen LogP contribution < -0.4 is 10.6 Å². The first-order valence-corrected chi connectivity index (χ1v) is 9.74. The van der Waals surface area contributed by atoms with E-state index in [1.165, 1.54) is 23.4 Å². The Morgan fingerprint density at radius 3 is 2.67 bits per heavy atom. The summed E-state index contributed by atoms with van der Waals surface area (Å²) in [7, 11) is 2.04. The first-order valence-electron chi connectivity index (χ1n) is 8.92. The molecule has 0 radical (unpaired) electrons. The molecule has 1 aliphatic heterocycles. The molecule has 140 valence electrons. The highest BCUT2D eigenvalue weighted by molar-refractivity contribution is 8.04. The van der Waals surface area contributed by atoms with Crippen LogP contribution >= 0.6 is 11.8 Å². The monoisotopic (exact) mass is 381 g/mol. The molecule has 1 aliphatic rings. The van der Waals surface area contributed by atoms with Crippen molar-refractivity contribution in [1.82, 2.24) is 10.2 Å². The van der Waals surface area contributed by atoms with Gasteiger partial charge in [0, 0.05) is 30.6 Å². The minimum atomic E-state index is -0.247. The van der Waals surface area contributed by atoms with Crippen molar-refractivity contribution in [2.45, 2.75) is 11.3 Å². The van der Waals surface area contributed by atoms with Crippen LogP contribution in [0.25, 0.3) is 0 Å². The molecule has 0 fully saturated rings. The lowest BCUT2D eigenvalue weighted by atomic mass is 10.1. The van der Waals surface area contributed by atoms with Crippen molar-refractivity contribution in [2.75, 3.05) is 32.0 Å². The van der Waals surface area contributed by atoms with Gasteiger partial charge >= 0.3 is 0 Å².